The molecule has 3 aromatic rings. The zero-order chi connectivity index (χ0) is 17.5. The van der Waals surface area contributed by atoms with Gasteiger partial charge in [0.05, 0.1) is 0 Å². The van der Waals surface area contributed by atoms with Crippen LogP contribution in [-0.2, 0) is 13.2 Å². The summed E-state index contributed by atoms with van der Waals surface area (Å²) in [6.07, 6.45) is 0. The molecule has 3 rings (SSSR count). The standard InChI is InChI=1S/C22H22FNO/c1-17(18-9-3-2-4-10-18)24-15-19-11-6-8-14-22(19)25-16-20-12-5-7-13-21(20)23/h2-14,17,24H,15-16H2,1H3/t17-/m1/s1. The molecular formula is C22H22FNO. The third-order valence-corrected chi connectivity index (χ3v) is 4.21. The summed E-state index contributed by atoms with van der Waals surface area (Å²) >= 11 is 0. The van der Waals surface area contributed by atoms with Gasteiger partial charge in [-0.3, -0.25) is 0 Å². The van der Waals surface area contributed by atoms with Crippen LogP contribution in [0.1, 0.15) is 29.7 Å². The summed E-state index contributed by atoms with van der Waals surface area (Å²) in [5, 5.41) is 3.51. The molecule has 0 aliphatic rings. The molecule has 0 radical (unpaired) electrons. The van der Waals surface area contributed by atoms with Crippen LogP contribution in [0.2, 0.25) is 0 Å². The van der Waals surface area contributed by atoms with Gasteiger partial charge in [-0.15, -0.1) is 0 Å². The maximum absolute atomic E-state index is 13.7. The number of benzene rings is 3. The second-order valence-electron chi connectivity index (χ2n) is 6.00. The number of ether oxygens (including phenoxy) is 1. The van der Waals surface area contributed by atoms with E-state index in [0.29, 0.717) is 12.1 Å². The van der Waals surface area contributed by atoms with Gasteiger partial charge < -0.3 is 10.1 Å². The first-order chi connectivity index (χ1) is 12.2. The highest BCUT2D eigenvalue weighted by atomic mass is 19.1. The summed E-state index contributed by atoms with van der Waals surface area (Å²) in [6, 6.07) is 25.1. The molecule has 1 N–H and O–H groups in total. The molecule has 0 bridgehead atoms. The number of hydrogen-bond donors (Lipinski definition) is 1. The fourth-order valence-electron chi connectivity index (χ4n) is 2.68. The molecule has 3 heteroatoms. The second-order valence-corrected chi connectivity index (χ2v) is 6.00. The molecule has 25 heavy (non-hydrogen) atoms. The highest BCUT2D eigenvalue weighted by Gasteiger charge is 2.08. The van der Waals surface area contributed by atoms with Crippen molar-refractivity contribution in [3.8, 4) is 5.75 Å². The fraction of sp³-hybridized carbons (Fsp3) is 0.182. The quantitative estimate of drug-likeness (QED) is 0.636. The predicted molar refractivity (Wildman–Crippen MR) is 98.9 cm³/mol. The highest BCUT2D eigenvalue weighted by molar-refractivity contribution is 5.34. The first-order valence-corrected chi connectivity index (χ1v) is 8.46. The number of hydrogen-bond acceptors (Lipinski definition) is 2. The Morgan fingerprint density at radius 2 is 1.48 bits per heavy atom. The Balaban J connectivity index is 1.64. The van der Waals surface area contributed by atoms with Gasteiger partial charge in [0, 0.05) is 23.7 Å². The maximum Gasteiger partial charge on any atom is 0.129 e. The Bertz CT molecular complexity index is 804. The molecule has 0 unspecified atom stereocenters. The van der Waals surface area contributed by atoms with Gasteiger partial charge in [-0.1, -0.05) is 66.7 Å². The zero-order valence-electron chi connectivity index (χ0n) is 14.3. The summed E-state index contributed by atoms with van der Waals surface area (Å²) in [5.74, 6) is 0.536. The SMILES string of the molecule is C[C@@H](NCc1ccccc1OCc1ccccc1F)c1ccccc1. The van der Waals surface area contributed by atoms with E-state index < -0.39 is 0 Å². The van der Waals surface area contributed by atoms with E-state index in [9.17, 15) is 4.39 Å². The molecular weight excluding hydrogens is 313 g/mol. The van der Waals surface area contributed by atoms with E-state index in [1.807, 2.05) is 48.5 Å². The lowest BCUT2D eigenvalue weighted by Crippen LogP contribution is -2.18. The van der Waals surface area contributed by atoms with Crippen LogP contribution in [-0.4, -0.2) is 0 Å². The first kappa shape index (κ1) is 17.2. The van der Waals surface area contributed by atoms with Crippen LogP contribution in [0.3, 0.4) is 0 Å². The van der Waals surface area contributed by atoms with E-state index in [1.165, 1.54) is 11.6 Å². The van der Waals surface area contributed by atoms with Crippen LogP contribution < -0.4 is 10.1 Å². The number of halogens is 1. The maximum atomic E-state index is 13.7. The normalized spacial score (nSPS) is 11.9. The molecule has 3 aromatic carbocycles. The van der Waals surface area contributed by atoms with Gasteiger partial charge in [0.25, 0.3) is 0 Å². The van der Waals surface area contributed by atoms with Crippen molar-refractivity contribution in [3.05, 3.63) is 101 Å². The van der Waals surface area contributed by atoms with Gasteiger partial charge in [0.1, 0.15) is 18.2 Å². The van der Waals surface area contributed by atoms with Crippen LogP contribution >= 0.6 is 0 Å². The van der Waals surface area contributed by atoms with Crippen molar-refractivity contribution in [3.63, 3.8) is 0 Å². The average molecular weight is 335 g/mol. The van der Waals surface area contributed by atoms with Crippen molar-refractivity contribution < 1.29 is 9.13 Å². The minimum Gasteiger partial charge on any atom is -0.488 e. The second kappa shape index (κ2) is 8.45. The summed E-state index contributed by atoms with van der Waals surface area (Å²) < 4.78 is 19.6. The molecule has 0 saturated heterocycles. The Morgan fingerprint density at radius 3 is 2.24 bits per heavy atom. The Hall–Kier alpha value is -2.65. The third kappa shape index (κ3) is 4.68. The zero-order valence-corrected chi connectivity index (χ0v) is 14.3. The molecule has 0 aliphatic carbocycles. The Kier molecular flexibility index (Phi) is 5.81. The highest BCUT2D eigenvalue weighted by Crippen LogP contribution is 2.21. The fourth-order valence-corrected chi connectivity index (χ4v) is 2.68. The van der Waals surface area contributed by atoms with Crippen LogP contribution in [0.4, 0.5) is 4.39 Å². The lowest BCUT2D eigenvalue weighted by atomic mass is 10.1. The average Bonchev–Trinajstić information content (AvgIpc) is 2.67. The first-order valence-electron chi connectivity index (χ1n) is 8.46. The van der Waals surface area contributed by atoms with Gasteiger partial charge in [-0.05, 0) is 24.6 Å². The van der Waals surface area contributed by atoms with E-state index in [0.717, 1.165) is 11.3 Å². The molecule has 128 valence electrons. The molecule has 0 amide bonds. The third-order valence-electron chi connectivity index (χ3n) is 4.21. The van der Waals surface area contributed by atoms with Gasteiger partial charge in [-0.2, -0.15) is 0 Å². The van der Waals surface area contributed by atoms with Crippen molar-refractivity contribution >= 4 is 0 Å². The number of para-hydroxylation sites is 1. The predicted octanol–water partition coefficient (Wildman–Crippen LogP) is 5.26. The molecule has 0 aromatic heterocycles. The van der Waals surface area contributed by atoms with E-state index in [4.69, 9.17) is 4.74 Å². The number of rotatable bonds is 7. The molecule has 0 aliphatic heterocycles. The van der Waals surface area contributed by atoms with Gasteiger partial charge in [0.2, 0.25) is 0 Å². The van der Waals surface area contributed by atoms with E-state index in [1.54, 1.807) is 12.1 Å². The van der Waals surface area contributed by atoms with Crippen LogP contribution in [0.25, 0.3) is 0 Å². The lowest BCUT2D eigenvalue weighted by Gasteiger charge is -2.16. The van der Waals surface area contributed by atoms with Crippen molar-refractivity contribution in [2.75, 3.05) is 0 Å². The van der Waals surface area contributed by atoms with Crippen molar-refractivity contribution in [1.29, 1.82) is 0 Å². The Morgan fingerprint density at radius 1 is 0.840 bits per heavy atom. The van der Waals surface area contributed by atoms with Crippen LogP contribution in [0.15, 0.2) is 78.9 Å². The molecule has 0 spiro atoms. The monoisotopic (exact) mass is 335 g/mol. The van der Waals surface area contributed by atoms with Crippen molar-refractivity contribution in [2.24, 2.45) is 0 Å². The summed E-state index contributed by atoms with van der Waals surface area (Å²) in [7, 11) is 0. The topological polar surface area (TPSA) is 21.3 Å². The molecule has 0 saturated carbocycles. The largest absolute Gasteiger partial charge is 0.488 e. The van der Waals surface area contributed by atoms with Gasteiger partial charge in [0.15, 0.2) is 0 Å². The van der Waals surface area contributed by atoms with Crippen LogP contribution in [0, 0.1) is 5.82 Å². The van der Waals surface area contributed by atoms with E-state index in [2.05, 4.69) is 24.4 Å². The van der Waals surface area contributed by atoms with E-state index >= 15 is 0 Å². The summed E-state index contributed by atoms with van der Waals surface area (Å²) in [4.78, 5) is 0. The van der Waals surface area contributed by atoms with Crippen molar-refractivity contribution in [2.45, 2.75) is 26.1 Å². The van der Waals surface area contributed by atoms with E-state index in [-0.39, 0.29) is 18.5 Å². The summed E-state index contributed by atoms with van der Waals surface area (Å²) in [6.45, 7) is 3.04. The molecule has 2 nitrogen and oxygen atoms in total. The lowest BCUT2D eigenvalue weighted by molar-refractivity contribution is 0.295. The van der Waals surface area contributed by atoms with Crippen LogP contribution in [0.5, 0.6) is 5.75 Å². The molecule has 1 atom stereocenters. The number of nitrogens with one attached hydrogen (secondary N) is 1. The minimum absolute atomic E-state index is 0.220. The minimum atomic E-state index is -0.240. The van der Waals surface area contributed by atoms with Gasteiger partial charge in [-0.25, -0.2) is 4.39 Å². The molecule has 0 heterocycles. The summed E-state index contributed by atoms with van der Waals surface area (Å²) in [5.41, 5.74) is 2.86. The van der Waals surface area contributed by atoms with Crippen molar-refractivity contribution in [1.82, 2.24) is 5.32 Å². The molecule has 0 fully saturated rings. The Labute approximate surface area is 148 Å². The van der Waals surface area contributed by atoms with Gasteiger partial charge >= 0.3 is 0 Å². The smallest absolute Gasteiger partial charge is 0.129 e.